The fourth-order valence-electron chi connectivity index (χ4n) is 3.93. The SMILES string of the molecule is CC(C)(C)[Si](C)(C)OC[C@@H](C[C@@H](CN=[N+]=[N-])O[Si](C)(C)C(C)(C)C)C(=O)N1C(=O)OC[C@@H]1Cc1ccccc1. The molecule has 0 aromatic heterocycles. The van der Waals surface area contributed by atoms with Gasteiger partial charge in [0.05, 0.1) is 24.6 Å². The first kappa shape index (κ1) is 33.0. The van der Waals surface area contributed by atoms with Crippen molar-refractivity contribution in [1.82, 2.24) is 4.90 Å². The second kappa shape index (κ2) is 13.0. The summed E-state index contributed by atoms with van der Waals surface area (Å²) in [5.74, 6) is -0.992. The lowest BCUT2D eigenvalue weighted by Gasteiger charge is -2.40. The molecular weight excluding hydrogens is 529 g/mol. The van der Waals surface area contributed by atoms with Gasteiger partial charge in [0.25, 0.3) is 0 Å². The molecule has 11 heteroatoms. The van der Waals surface area contributed by atoms with Gasteiger partial charge in [0.15, 0.2) is 16.6 Å². The Morgan fingerprint density at radius 3 is 2.23 bits per heavy atom. The molecule has 0 N–H and O–H groups in total. The number of carbonyl (C=O) groups excluding carboxylic acids is 2. The van der Waals surface area contributed by atoms with Crippen molar-refractivity contribution < 1.29 is 23.2 Å². The van der Waals surface area contributed by atoms with Crippen molar-refractivity contribution in [2.24, 2.45) is 11.0 Å². The molecule has 1 fully saturated rings. The van der Waals surface area contributed by atoms with Crippen molar-refractivity contribution in [3.63, 3.8) is 0 Å². The molecule has 1 aliphatic heterocycles. The van der Waals surface area contributed by atoms with E-state index in [1.54, 1.807) is 0 Å². The van der Waals surface area contributed by atoms with Crippen LogP contribution in [0.15, 0.2) is 35.4 Å². The molecule has 1 aromatic rings. The zero-order valence-electron chi connectivity index (χ0n) is 25.5. The Hall–Kier alpha value is -2.18. The molecule has 2 rings (SSSR count). The summed E-state index contributed by atoms with van der Waals surface area (Å²) in [6.45, 7) is 21.8. The third-order valence-corrected chi connectivity index (χ3v) is 17.5. The van der Waals surface area contributed by atoms with Gasteiger partial charge < -0.3 is 13.6 Å². The van der Waals surface area contributed by atoms with Crippen LogP contribution in [-0.2, 0) is 24.8 Å². The predicted octanol–water partition coefficient (Wildman–Crippen LogP) is 7.31. The summed E-state index contributed by atoms with van der Waals surface area (Å²) in [5.41, 5.74) is 10.1. The number of benzene rings is 1. The molecular formula is C28H48N4O5Si2. The number of cyclic esters (lactones) is 1. The zero-order valence-corrected chi connectivity index (χ0v) is 27.5. The van der Waals surface area contributed by atoms with E-state index in [0.29, 0.717) is 6.42 Å². The maximum atomic E-state index is 14.1. The lowest BCUT2D eigenvalue weighted by molar-refractivity contribution is -0.135. The van der Waals surface area contributed by atoms with E-state index in [-0.39, 0.29) is 42.2 Å². The smallest absolute Gasteiger partial charge is 0.416 e. The molecule has 3 atom stereocenters. The maximum absolute atomic E-state index is 14.1. The van der Waals surface area contributed by atoms with Crippen molar-refractivity contribution in [2.45, 2.75) is 103 Å². The molecule has 0 unspecified atom stereocenters. The third-order valence-electron chi connectivity index (χ3n) is 8.48. The zero-order chi connectivity index (χ0) is 29.6. The van der Waals surface area contributed by atoms with Crippen molar-refractivity contribution in [1.29, 1.82) is 0 Å². The molecule has 0 spiro atoms. The lowest BCUT2D eigenvalue weighted by Crippen LogP contribution is -2.50. The van der Waals surface area contributed by atoms with Crippen molar-refractivity contribution in [3.8, 4) is 0 Å². The van der Waals surface area contributed by atoms with Gasteiger partial charge in [-0.25, -0.2) is 9.69 Å². The van der Waals surface area contributed by atoms with E-state index in [4.69, 9.17) is 19.1 Å². The third kappa shape index (κ3) is 8.91. The molecule has 0 saturated carbocycles. The molecule has 9 nitrogen and oxygen atoms in total. The van der Waals surface area contributed by atoms with Gasteiger partial charge in [-0.3, -0.25) is 4.79 Å². The average molecular weight is 577 g/mol. The topological polar surface area (TPSA) is 114 Å². The Morgan fingerprint density at radius 2 is 1.69 bits per heavy atom. The lowest BCUT2D eigenvalue weighted by atomic mass is 9.99. The molecule has 1 heterocycles. The summed E-state index contributed by atoms with van der Waals surface area (Å²) in [4.78, 5) is 31.2. The fourth-order valence-corrected chi connectivity index (χ4v) is 6.34. The summed E-state index contributed by atoms with van der Waals surface area (Å²) >= 11 is 0. The molecule has 0 bridgehead atoms. The van der Waals surface area contributed by atoms with Gasteiger partial charge in [0, 0.05) is 11.5 Å². The van der Waals surface area contributed by atoms with Crippen LogP contribution in [0.2, 0.25) is 36.3 Å². The molecule has 1 saturated heterocycles. The number of imide groups is 1. The minimum atomic E-state index is -2.25. The Bertz CT molecular complexity index is 1030. The van der Waals surface area contributed by atoms with Crippen LogP contribution >= 0.6 is 0 Å². The molecule has 2 amide bonds. The Balaban J connectivity index is 2.39. The van der Waals surface area contributed by atoms with Gasteiger partial charge in [-0.2, -0.15) is 0 Å². The summed E-state index contributed by atoms with van der Waals surface area (Å²) in [5, 5.41) is 3.69. The predicted molar refractivity (Wildman–Crippen MR) is 159 cm³/mol. The van der Waals surface area contributed by atoms with Crippen LogP contribution in [0.5, 0.6) is 0 Å². The van der Waals surface area contributed by atoms with Crippen LogP contribution in [0.1, 0.15) is 53.5 Å². The second-order valence-corrected chi connectivity index (χ2v) is 23.1. The highest BCUT2D eigenvalue weighted by atomic mass is 28.4. The summed E-state index contributed by atoms with van der Waals surface area (Å²) in [7, 11) is -4.45. The van der Waals surface area contributed by atoms with E-state index < -0.39 is 40.8 Å². The average Bonchev–Trinajstić information content (AvgIpc) is 3.18. The highest BCUT2D eigenvalue weighted by molar-refractivity contribution is 6.74. The summed E-state index contributed by atoms with van der Waals surface area (Å²) in [6, 6.07) is 9.36. The van der Waals surface area contributed by atoms with Gasteiger partial charge in [-0.05, 0) is 60.2 Å². The van der Waals surface area contributed by atoms with E-state index >= 15 is 0 Å². The number of nitrogens with zero attached hydrogens (tertiary/aromatic N) is 4. The van der Waals surface area contributed by atoms with E-state index in [1.165, 1.54) is 4.90 Å². The Labute approximate surface area is 236 Å². The van der Waals surface area contributed by atoms with E-state index in [2.05, 4.69) is 77.8 Å². The van der Waals surface area contributed by atoms with Crippen LogP contribution in [-0.4, -0.2) is 65.4 Å². The van der Waals surface area contributed by atoms with E-state index in [9.17, 15) is 9.59 Å². The number of hydrogen-bond acceptors (Lipinski definition) is 6. The maximum Gasteiger partial charge on any atom is 0.416 e. The quantitative estimate of drug-likeness (QED) is 0.112. The number of carbonyl (C=O) groups is 2. The highest BCUT2D eigenvalue weighted by Gasteiger charge is 2.45. The van der Waals surface area contributed by atoms with Crippen LogP contribution in [0.25, 0.3) is 10.4 Å². The molecule has 1 aliphatic rings. The standard InChI is InChI=1S/C28H48N4O5Si2/c1-27(2,3)38(7,8)36-19-22(17-24(18-30-31-29)37-39(9,10)28(4,5)6)25(33)32-23(20-35-26(32)34)16-21-14-12-11-13-15-21/h11-15,22-24H,16-20H2,1-10H3/t22-,23+,24+/m1/s1. The van der Waals surface area contributed by atoms with Crippen molar-refractivity contribution in [2.75, 3.05) is 19.8 Å². The van der Waals surface area contributed by atoms with E-state index in [0.717, 1.165) is 5.56 Å². The largest absolute Gasteiger partial charge is 0.447 e. The number of rotatable bonds is 12. The molecule has 0 aliphatic carbocycles. The van der Waals surface area contributed by atoms with Gasteiger partial charge in [-0.1, -0.05) is 77.0 Å². The van der Waals surface area contributed by atoms with Gasteiger partial charge >= 0.3 is 6.09 Å². The van der Waals surface area contributed by atoms with Crippen molar-refractivity contribution in [3.05, 3.63) is 46.3 Å². The number of ether oxygens (including phenoxy) is 1. The van der Waals surface area contributed by atoms with Crippen LogP contribution in [0, 0.1) is 5.92 Å². The number of amides is 2. The molecule has 0 radical (unpaired) electrons. The minimum absolute atomic E-state index is 0.0504. The van der Waals surface area contributed by atoms with Gasteiger partial charge in [0.2, 0.25) is 5.91 Å². The summed E-state index contributed by atoms with van der Waals surface area (Å²) in [6.07, 6.45) is -0.322. The van der Waals surface area contributed by atoms with Crippen LogP contribution in [0.4, 0.5) is 4.79 Å². The molecule has 39 heavy (non-hydrogen) atoms. The molecule has 1 aromatic carbocycles. The normalized spacial score (nSPS) is 18.4. The number of hydrogen-bond donors (Lipinski definition) is 0. The van der Waals surface area contributed by atoms with E-state index in [1.807, 2.05) is 30.3 Å². The van der Waals surface area contributed by atoms with Gasteiger partial charge in [-0.15, -0.1) is 0 Å². The Morgan fingerprint density at radius 1 is 1.10 bits per heavy atom. The first-order valence-electron chi connectivity index (χ1n) is 13.8. The fraction of sp³-hybridized carbons (Fsp3) is 0.714. The second-order valence-electron chi connectivity index (χ2n) is 13.5. The van der Waals surface area contributed by atoms with Crippen molar-refractivity contribution >= 4 is 28.6 Å². The monoisotopic (exact) mass is 576 g/mol. The highest BCUT2D eigenvalue weighted by Crippen LogP contribution is 2.39. The first-order chi connectivity index (χ1) is 17.9. The Kier molecular flexibility index (Phi) is 11.0. The molecule has 218 valence electrons. The number of azide groups is 1. The van der Waals surface area contributed by atoms with Gasteiger partial charge in [0.1, 0.15) is 6.61 Å². The first-order valence-corrected chi connectivity index (χ1v) is 19.6. The van der Waals surface area contributed by atoms with Crippen LogP contribution in [0.3, 0.4) is 0 Å². The van der Waals surface area contributed by atoms with Crippen LogP contribution < -0.4 is 0 Å². The minimum Gasteiger partial charge on any atom is -0.447 e. The summed E-state index contributed by atoms with van der Waals surface area (Å²) < 4.78 is 18.5.